The fourth-order valence-corrected chi connectivity index (χ4v) is 5.80. The van der Waals surface area contributed by atoms with Crippen molar-refractivity contribution in [2.45, 2.75) is 51.9 Å². The standard InChI is InChI=1S/C19H25NO/c1-12-4-16(2-3-17(12)20)18(21)11-19-8-13-5-14(9-19)7-15(6-13)10-19/h2-4,13-15H,5-11,20H2,1H3. The van der Waals surface area contributed by atoms with Crippen LogP contribution in [0.2, 0.25) is 0 Å². The predicted octanol–water partition coefficient (Wildman–Crippen LogP) is 4.37. The molecule has 21 heavy (non-hydrogen) atoms. The summed E-state index contributed by atoms with van der Waals surface area (Å²) in [6.07, 6.45) is 8.99. The minimum absolute atomic E-state index is 0.333. The molecule has 0 heterocycles. The number of benzene rings is 1. The van der Waals surface area contributed by atoms with Gasteiger partial charge >= 0.3 is 0 Å². The second-order valence-corrected chi connectivity index (χ2v) is 8.09. The maximum absolute atomic E-state index is 12.8. The molecule has 0 aliphatic heterocycles. The quantitative estimate of drug-likeness (QED) is 0.661. The van der Waals surface area contributed by atoms with E-state index >= 15 is 0 Å². The average molecular weight is 283 g/mol. The molecule has 5 rings (SSSR count). The fourth-order valence-electron chi connectivity index (χ4n) is 5.80. The van der Waals surface area contributed by atoms with Gasteiger partial charge in [0.25, 0.3) is 0 Å². The van der Waals surface area contributed by atoms with E-state index in [1.807, 2.05) is 25.1 Å². The Bertz CT molecular complexity index is 554. The number of ketones is 1. The van der Waals surface area contributed by atoms with Crippen molar-refractivity contribution in [3.8, 4) is 0 Å². The number of Topliss-reactive ketones (excluding diaryl/α,β-unsaturated/α-hetero) is 1. The minimum atomic E-state index is 0.333. The first-order valence-electron chi connectivity index (χ1n) is 8.42. The zero-order chi connectivity index (χ0) is 14.6. The van der Waals surface area contributed by atoms with Crippen LogP contribution < -0.4 is 5.73 Å². The zero-order valence-corrected chi connectivity index (χ0v) is 12.9. The van der Waals surface area contributed by atoms with E-state index in [2.05, 4.69) is 0 Å². The second kappa shape index (κ2) is 4.59. The lowest BCUT2D eigenvalue weighted by atomic mass is 9.48. The van der Waals surface area contributed by atoms with Crippen molar-refractivity contribution < 1.29 is 4.79 Å². The molecule has 0 radical (unpaired) electrons. The smallest absolute Gasteiger partial charge is 0.163 e. The van der Waals surface area contributed by atoms with Gasteiger partial charge in [0, 0.05) is 17.7 Å². The van der Waals surface area contributed by atoms with Crippen LogP contribution in [0.25, 0.3) is 0 Å². The number of carbonyl (C=O) groups is 1. The van der Waals surface area contributed by atoms with E-state index in [0.29, 0.717) is 11.2 Å². The summed E-state index contributed by atoms with van der Waals surface area (Å²) in [6.45, 7) is 1.98. The van der Waals surface area contributed by atoms with Crippen molar-refractivity contribution >= 4 is 11.5 Å². The average Bonchev–Trinajstić information content (AvgIpc) is 2.39. The highest BCUT2D eigenvalue weighted by Gasteiger charge is 2.51. The molecule has 0 unspecified atom stereocenters. The monoisotopic (exact) mass is 283 g/mol. The number of nitrogens with two attached hydrogens (primary N) is 1. The molecule has 2 heteroatoms. The van der Waals surface area contributed by atoms with Gasteiger partial charge in [-0.05, 0) is 92.4 Å². The van der Waals surface area contributed by atoms with E-state index in [9.17, 15) is 4.79 Å². The van der Waals surface area contributed by atoms with Gasteiger partial charge in [0.2, 0.25) is 0 Å². The largest absolute Gasteiger partial charge is 0.399 e. The van der Waals surface area contributed by atoms with Crippen LogP contribution >= 0.6 is 0 Å². The Labute approximate surface area is 127 Å². The summed E-state index contributed by atoms with van der Waals surface area (Å²) in [5.41, 5.74) is 8.86. The number of aryl methyl sites for hydroxylation is 1. The van der Waals surface area contributed by atoms with Crippen molar-refractivity contribution in [2.75, 3.05) is 5.73 Å². The third kappa shape index (κ3) is 2.29. The third-order valence-electron chi connectivity index (χ3n) is 6.29. The molecule has 4 bridgehead atoms. The fraction of sp³-hybridized carbons (Fsp3) is 0.632. The van der Waals surface area contributed by atoms with Crippen LogP contribution in [0.4, 0.5) is 5.69 Å². The molecule has 1 aromatic carbocycles. The van der Waals surface area contributed by atoms with E-state index in [-0.39, 0.29) is 0 Å². The molecule has 0 amide bonds. The molecule has 0 aromatic heterocycles. The topological polar surface area (TPSA) is 43.1 Å². The first-order valence-corrected chi connectivity index (χ1v) is 8.42. The normalized spacial score (nSPS) is 36.9. The van der Waals surface area contributed by atoms with Crippen molar-refractivity contribution in [1.82, 2.24) is 0 Å². The van der Waals surface area contributed by atoms with Gasteiger partial charge in [-0.25, -0.2) is 0 Å². The van der Waals surface area contributed by atoms with Crippen molar-refractivity contribution in [3.63, 3.8) is 0 Å². The Morgan fingerprint density at radius 3 is 2.24 bits per heavy atom. The maximum atomic E-state index is 12.8. The first-order chi connectivity index (χ1) is 10.0. The summed E-state index contributed by atoms with van der Waals surface area (Å²) in [5.74, 6) is 3.08. The number of carbonyl (C=O) groups excluding carboxylic acids is 1. The van der Waals surface area contributed by atoms with Crippen LogP contribution in [0.3, 0.4) is 0 Å². The summed E-state index contributed by atoms with van der Waals surface area (Å²) >= 11 is 0. The molecular weight excluding hydrogens is 258 g/mol. The lowest BCUT2D eigenvalue weighted by Crippen LogP contribution is -2.46. The SMILES string of the molecule is Cc1cc(C(=O)CC23CC4CC(CC(C4)C2)C3)ccc1N. The molecule has 0 saturated heterocycles. The molecule has 0 spiro atoms. The Morgan fingerprint density at radius 2 is 1.71 bits per heavy atom. The Balaban J connectivity index is 1.55. The highest BCUT2D eigenvalue weighted by Crippen LogP contribution is 2.61. The molecule has 2 nitrogen and oxygen atoms in total. The van der Waals surface area contributed by atoms with Gasteiger partial charge in [-0.2, -0.15) is 0 Å². The molecule has 0 atom stereocenters. The molecule has 1 aromatic rings. The maximum Gasteiger partial charge on any atom is 0.163 e. The molecule has 112 valence electrons. The van der Waals surface area contributed by atoms with Crippen molar-refractivity contribution in [1.29, 1.82) is 0 Å². The lowest BCUT2D eigenvalue weighted by Gasteiger charge is -2.56. The van der Waals surface area contributed by atoms with Crippen LogP contribution in [-0.4, -0.2) is 5.78 Å². The number of rotatable bonds is 3. The highest BCUT2D eigenvalue weighted by atomic mass is 16.1. The summed E-state index contributed by atoms with van der Waals surface area (Å²) in [5, 5.41) is 0. The van der Waals surface area contributed by atoms with Crippen LogP contribution in [-0.2, 0) is 0 Å². The van der Waals surface area contributed by atoms with Crippen molar-refractivity contribution in [3.05, 3.63) is 29.3 Å². The number of hydrogen-bond donors (Lipinski definition) is 1. The highest BCUT2D eigenvalue weighted by molar-refractivity contribution is 5.97. The van der Waals surface area contributed by atoms with Gasteiger partial charge in [-0.3, -0.25) is 4.79 Å². The van der Waals surface area contributed by atoms with Gasteiger partial charge in [0.05, 0.1) is 0 Å². The van der Waals surface area contributed by atoms with Gasteiger partial charge in [0.15, 0.2) is 5.78 Å². The predicted molar refractivity (Wildman–Crippen MR) is 85.1 cm³/mol. The Kier molecular flexibility index (Phi) is 2.92. The summed E-state index contributed by atoms with van der Waals surface area (Å²) < 4.78 is 0. The molecular formula is C19H25NO. The first kappa shape index (κ1) is 13.4. The van der Waals surface area contributed by atoms with E-state index in [1.54, 1.807) is 0 Å². The third-order valence-corrected chi connectivity index (χ3v) is 6.29. The zero-order valence-electron chi connectivity index (χ0n) is 12.9. The van der Waals surface area contributed by atoms with Gasteiger partial charge in [-0.1, -0.05) is 0 Å². The summed E-state index contributed by atoms with van der Waals surface area (Å²) in [7, 11) is 0. The molecule has 4 aliphatic carbocycles. The van der Waals surface area contributed by atoms with Gasteiger partial charge in [-0.15, -0.1) is 0 Å². The molecule has 4 fully saturated rings. The van der Waals surface area contributed by atoms with E-state index in [1.165, 1.54) is 38.5 Å². The summed E-state index contributed by atoms with van der Waals surface area (Å²) in [6, 6.07) is 5.76. The molecule has 2 N–H and O–H groups in total. The Morgan fingerprint density at radius 1 is 1.14 bits per heavy atom. The van der Waals surface area contributed by atoms with Crippen LogP contribution in [0.1, 0.15) is 60.9 Å². The number of nitrogen functional groups attached to an aromatic ring is 1. The molecule has 4 saturated carbocycles. The van der Waals surface area contributed by atoms with E-state index < -0.39 is 0 Å². The second-order valence-electron chi connectivity index (χ2n) is 8.09. The number of anilines is 1. The van der Waals surface area contributed by atoms with E-state index in [0.717, 1.165) is 41.0 Å². The van der Waals surface area contributed by atoms with Gasteiger partial charge < -0.3 is 5.73 Å². The Hall–Kier alpha value is -1.31. The molecule has 4 aliphatic rings. The summed E-state index contributed by atoms with van der Waals surface area (Å²) in [4.78, 5) is 12.8. The number of hydrogen-bond acceptors (Lipinski definition) is 2. The lowest BCUT2D eigenvalue weighted by molar-refractivity contribution is -0.0524. The van der Waals surface area contributed by atoms with Crippen molar-refractivity contribution in [2.24, 2.45) is 23.2 Å². The van der Waals surface area contributed by atoms with Gasteiger partial charge in [0.1, 0.15) is 0 Å². The van der Waals surface area contributed by atoms with Crippen LogP contribution in [0, 0.1) is 30.1 Å². The minimum Gasteiger partial charge on any atom is -0.399 e. The van der Waals surface area contributed by atoms with Crippen LogP contribution in [0.5, 0.6) is 0 Å². The van der Waals surface area contributed by atoms with Crippen LogP contribution in [0.15, 0.2) is 18.2 Å². The van der Waals surface area contributed by atoms with E-state index in [4.69, 9.17) is 5.73 Å².